The van der Waals surface area contributed by atoms with Crippen LogP contribution < -0.4 is 11.1 Å². The molecule has 0 aromatic heterocycles. The molecule has 4 heteroatoms. The highest BCUT2D eigenvalue weighted by atomic mass is 16.3. The Bertz CT molecular complexity index is 364. The number of benzene rings is 1. The van der Waals surface area contributed by atoms with Gasteiger partial charge in [-0.1, -0.05) is 6.07 Å². The Labute approximate surface area is 89.1 Å². The van der Waals surface area contributed by atoms with E-state index in [-0.39, 0.29) is 17.7 Å². The van der Waals surface area contributed by atoms with Gasteiger partial charge in [-0.15, -0.1) is 0 Å². The number of nitrogens with one attached hydrogen (secondary N) is 1. The van der Waals surface area contributed by atoms with Crippen molar-refractivity contribution in [2.45, 2.75) is 26.3 Å². The standard InChI is InChI=1S/C11H16N2O2/c1-7(13-8(2)14)5-9-3-4-11(15)10(12)6-9/h3-4,6-7,15H,5,12H2,1-2H3,(H,13,14)/t7-/m1/s1. The Morgan fingerprint density at radius 3 is 2.80 bits per heavy atom. The van der Waals surface area contributed by atoms with E-state index < -0.39 is 0 Å². The third-order valence-corrected chi connectivity index (χ3v) is 2.08. The number of amides is 1. The molecule has 0 saturated carbocycles. The van der Waals surface area contributed by atoms with Crippen molar-refractivity contribution in [1.29, 1.82) is 0 Å². The average molecular weight is 208 g/mol. The lowest BCUT2D eigenvalue weighted by atomic mass is 10.1. The summed E-state index contributed by atoms with van der Waals surface area (Å²) in [5.74, 6) is 0.0418. The number of nitrogens with two attached hydrogens (primary N) is 1. The minimum Gasteiger partial charge on any atom is -0.506 e. The lowest BCUT2D eigenvalue weighted by molar-refractivity contribution is -0.119. The Kier molecular flexibility index (Phi) is 3.55. The fourth-order valence-corrected chi connectivity index (χ4v) is 1.48. The van der Waals surface area contributed by atoms with E-state index in [0.29, 0.717) is 12.1 Å². The van der Waals surface area contributed by atoms with Crippen molar-refractivity contribution in [3.63, 3.8) is 0 Å². The molecule has 1 atom stereocenters. The lowest BCUT2D eigenvalue weighted by Gasteiger charge is -2.12. The molecule has 1 rings (SSSR count). The molecule has 0 radical (unpaired) electrons. The van der Waals surface area contributed by atoms with Crippen LogP contribution in [0.3, 0.4) is 0 Å². The first-order valence-electron chi connectivity index (χ1n) is 4.83. The van der Waals surface area contributed by atoms with Crippen molar-refractivity contribution in [3.05, 3.63) is 23.8 Å². The number of carbonyl (C=O) groups is 1. The zero-order valence-electron chi connectivity index (χ0n) is 8.95. The van der Waals surface area contributed by atoms with Crippen LogP contribution in [0.15, 0.2) is 18.2 Å². The van der Waals surface area contributed by atoms with E-state index >= 15 is 0 Å². The van der Waals surface area contributed by atoms with Gasteiger partial charge in [0, 0.05) is 13.0 Å². The second-order valence-corrected chi connectivity index (χ2v) is 3.70. The molecule has 0 aliphatic rings. The fourth-order valence-electron chi connectivity index (χ4n) is 1.48. The summed E-state index contributed by atoms with van der Waals surface area (Å²) in [5, 5.41) is 12.0. The van der Waals surface area contributed by atoms with Crippen LogP contribution in [0.4, 0.5) is 5.69 Å². The maximum atomic E-state index is 10.8. The van der Waals surface area contributed by atoms with Crippen molar-refractivity contribution in [2.75, 3.05) is 5.73 Å². The van der Waals surface area contributed by atoms with Crippen LogP contribution in [0.25, 0.3) is 0 Å². The molecule has 0 fully saturated rings. The number of anilines is 1. The molecule has 0 spiro atoms. The van der Waals surface area contributed by atoms with Gasteiger partial charge >= 0.3 is 0 Å². The van der Waals surface area contributed by atoms with Gasteiger partial charge in [0.05, 0.1) is 5.69 Å². The topological polar surface area (TPSA) is 75.3 Å². The van der Waals surface area contributed by atoms with Crippen LogP contribution in [-0.4, -0.2) is 17.1 Å². The van der Waals surface area contributed by atoms with Crippen molar-refractivity contribution < 1.29 is 9.90 Å². The summed E-state index contributed by atoms with van der Waals surface area (Å²) in [6.07, 6.45) is 0.698. The van der Waals surface area contributed by atoms with Gasteiger partial charge in [-0.3, -0.25) is 4.79 Å². The van der Waals surface area contributed by atoms with Crippen molar-refractivity contribution in [2.24, 2.45) is 0 Å². The predicted octanol–water partition coefficient (Wildman–Crippen LogP) is 1.04. The number of hydrogen-bond donors (Lipinski definition) is 3. The van der Waals surface area contributed by atoms with E-state index in [0.717, 1.165) is 5.56 Å². The van der Waals surface area contributed by atoms with Crippen molar-refractivity contribution in [3.8, 4) is 5.75 Å². The van der Waals surface area contributed by atoms with Crippen molar-refractivity contribution >= 4 is 11.6 Å². The molecule has 15 heavy (non-hydrogen) atoms. The van der Waals surface area contributed by atoms with Gasteiger partial charge in [0.15, 0.2) is 0 Å². The number of nitrogen functional groups attached to an aromatic ring is 1. The van der Waals surface area contributed by atoms with Crippen molar-refractivity contribution in [1.82, 2.24) is 5.32 Å². The molecule has 4 N–H and O–H groups in total. The normalized spacial score (nSPS) is 12.1. The van der Waals surface area contributed by atoms with E-state index in [1.165, 1.54) is 6.92 Å². The Balaban J connectivity index is 2.64. The molecule has 1 amide bonds. The summed E-state index contributed by atoms with van der Waals surface area (Å²) in [6, 6.07) is 5.13. The zero-order chi connectivity index (χ0) is 11.4. The van der Waals surface area contributed by atoms with E-state index in [1.807, 2.05) is 6.92 Å². The van der Waals surface area contributed by atoms with E-state index in [2.05, 4.69) is 5.32 Å². The molecular weight excluding hydrogens is 192 g/mol. The Hall–Kier alpha value is -1.71. The summed E-state index contributed by atoms with van der Waals surface area (Å²) < 4.78 is 0. The molecule has 82 valence electrons. The van der Waals surface area contributed by atoms with Gasteiger partial charge in [-0.2, -0.15) is 0 Å². The van der Waals surface area contributed by atoms with Gasteiger partial charge in [-0.05, 0) is 31.0 Å². The predicted molar refractivity (Wildman–Crippen MR) is 59.5 cm³/mol. The number of aromatic hydroxyl groups is 1. The highest BCUT2D eigenvalue weighted by molar-refractivity contribution is 5.73. The van der Waals surface area contributed by atoms with Crippen LogP contribution in [0.1, 0.15) is 19.4 Å². The summed E-state index contributed by atoms with van der Waals surface area (Å²) in [5.41, 5.74) is 6.92. The lowest BCUT2D eigenvalue weighted by Crippen LogP contribution is -2.32. The smallest absolute Gasteiger partial charge is 0.217 e. The number of rotatable bonds is 3. The SMILES string of the molecule is CC(=O)N[C@H](C)Cc1ccc(O)c(N)c1. The van der Waals surface area contributed by atoms with E-state index in [1.54, 1.807) is 18.2 Å². The Morgan fingerprint density at radius 2 is 2.27 bits per heavy atom. The number of phenolic OH excluding ortho intramolecular Hbond substituents is 1. The quantitative estimate of drug-likeness (QED) is 0.513. The second-order valence-electron chi connectivity index (χ2n) is 3.70. The number of carbonyl (C=O) groups excluding carboxylic acids is 1. The van der Waals surface area contributed by atoms with Gasteiger partial charge in [0.25, 0.3) is 0 Å². The molecule has 0 unspecified atom stereocenters. The van der Waals surface area contributed by atoms with Gasteiger partial charge in [0.1, 0.15) is 5.75 Å². The zero-order valence-corrected chi connectivity index (χ0v) is 8.95. The maximum Gasteiger partial charge on any atom is 0.217 e. The number of hydrogen-bond acceptors (Lipinski definition) is 3. The van der Waals surface area contributed by atoms with Gasteiger partial charge in [0.2, 0.25) is 5.91 Å². The molecule has 1 aromatic rings. The summed E-state index contributed by atoms with van der Waals surface area (Å²) in [6.45, 7) is 3.41. The summed E-state index contributed by atoms with van der Waals surface area (Å²) in [4.78, 5) is 10.8. The minimum atomic E-state index is -0.0470. The second kappa shape index (κ2) is 4.68. The van der Waals surface area contributed by atoms with Gasteiger partial charge < -0.3 is 16.2 Å². The highest BCUT2D eigenvalue weighted by Crippen LogP contribution is 2.20. The molecule has 0 bridgehead atoms. The molecule has 0 aliphatic heterocycles. The first-order valence-corrected chi connectivity index (χ1v) is 4.83. The third kappa shape index (κ3) is 3.50. The fraction of sp³-hybridized carbons (Fsp3) is 0.364. The average Bonchev–Trinajstić information content (AvgIpc) is 2.10. The minimum absolute atomic E-state index is 0.0470. The molecule has 0 saturated heterocycles. The molecule has 4 nitrogen and oxygen atoms in total. The summed E-state index contributed by atoms with van der Waals surface area (Å²) in [7, 11) is 0. The first-order chi connectivity index (χ1) is 6.99. The van der Waals surface area contributed by atoms with Crippen LogP contribution in [-0.2, 0) is 11.2 Å². The molecule has 0 aliphatic carbocycles. The van der Waals surface area contributed by atoms with Gasteiger partial charge in [-0.25, -0.2) is 0 Å². The molecule has 0 heterocycles. The largest absolute Gasteiger partial charge is 0.506 e. The van der Waals surface area contributed by atoms with Crippen LogP contribution in [0, 0.1) is 0 Å². The molecule has 1 aromatic carbocycles. The van der Waals surface area contributed by atoms with Crippen LogP contribution >= 0.6 is 0 Å². The maximum absolute atomic E-state index is 10.8. The molecular formula is C11H16N2O2. The van der Waals surface area contributed by atoms with E-state index in [9.17, 15) is 9.90 Å². The van der Waals surface area contributed by atoms with E-state index in [4.69, 9.17) is 5.73 Å². The van der Waals surface area contributed by atoms with Crippen LogP contribution in [0.5, 0.6) is 5.75 Å². The summed E-state index contributed by atoms with van der Waals surface area (Å²) >= 11 is 0. The monoisotopic (exact) mass is 208 g/mol. The van der Waals surface area contributed by atoms with Crippen LogP contribution in [0.2, 0.25) is 0 Å². The number of phenols is 1. The highest BCUT2D eigenvalue weighted by Gasteiger charge is 2.06. The Morgan fingerprint density at radius 1 is 1.60 bits per heavy atom. The third-order valence-electron chi connectivity index (χ3n) is 2.08. The first kappa shape index (κ1) is 11.4.